The van der Waals surface area contributed by atoms with Crippen molar-refractivity contribution in [2.45, 2.75) is 39.8 Å². The van der Waals surface area contributed by atoms with Crippen LogP contribution in [0.4, 0.5) is 5.69 Å². The second-order valence-electron chi connectivity index (χ2n) is 10.0. The number of hydrogen-bond donors (Lipinski definition) is 1. The van der Waals surface area contributed by atoms with E-state index in [0.717, 1.165) is 21.7 Å². The van der Waals surface area contributed by atoms with Gasteiger partial charge in [-0.05, 0) is 41.7 Å². The van der Waals surface area contributed by atoms with Gasteiger partial charge in [-0.1, -0.05) is 92.2 Å². The number of hydrogen-bond acceptors (Lipinski definition) is 4. The van der Waals surface area contributed by atoms with Crippen LogP contribution in [0.3, 0.4) is 0 Å². The van der Waals surface area contributed by atoms with E-state index in [2.05, 4.69) is 5.32 Å². The first-order valence-electron chi connectivity index (χ1n) is 12.8. The molecule has 0 aliphatic carbocycles. The van der Waals surface area contributed by atoms with Gasteiger partial charge in [0, 0.05) is 24.5 Å². The predicted octanol–water partition coefficient (Wildman–Crippen LogP) is 4.83. The average Bonchev–Trinajstić information content (AvgIpc) is 2.90. The van der Waals surface area contributed by atoms with Crippen LogP contribution in [0.5, 0.6) is 0 Å². The second-order valence-corrected chi connectivity index (χ2v) is 12.3. The highest BCUT2D eigenvalue weighted by molar-refractivity contribution is 7.92. The minimum Gasteiger partial charge on any atom is -0.354 e. The first kappa shape index (κ1) is 30.2. The van der Waals surface area contributed by atoms with Gasteiger partial charge in [0.05, 0.1) is 11.9 Å². The van der Waals surface area contributed by atoms with Gasteiger partial charge < -0.3 is 10.2 Å². The molecule has 208 valence electrons. The Morgan fingerprint density at radius 1 is 0.897 bits per heavy atom. The summed E-state index contributed by atoms with van der Waals surface area (Å²) in [5.41, 5.74) is 2.58. The van der Waals surface area contributed by atoms with Crippen molar-refractivity contribution in [1.29, 1.82) is 0 Å². The summed E-state index contributed by atoms with van der Waals surface area (Å²) in [6, 6.07) is 22.9. The van der Waals surface area contributed by atoms with Crippen LogP contribution >= 0.6 is 11.6 Å². The lowest BCUT2D eigenvalue weighted by Crippen LogP contribution is -2.53. The number of carbonyl (C=O) groups is 2. The number of nitrogens with one attached hydrogen (secondary N) is 1. The average molecular weight is 570 g/mol. The van der Waals surface area contributed by atoms with Crippen molar-refractivity contribution >= 4 is 39.1 Å². The van der Waals surface area contributed by atoms with E-state index in [9.17, 15) is 18.0 Å². The van der Waals surface area contributed by atoms with E-state index in [1.165, 1.54) is 4.90 Å². The zero-order valence-electron chi connectivity index (χ0n) is 22.8. The molecule has 1 atom stereocenters. The second kappa shape index (κ2) is 13.6. The summed E-state index contributed by atoms with van der Waals surface area (Å²) in [7, 11) is -3.86. The first-order valence-corrected chi connectivity index (χ1v) is 15.1. The van der Waals surface area contributed by atoms with Crippen LogP contribution in [0, 0.1) is 12.8 Å². The van der Waals surface area contributed by atoms with Crippen molar-refractivity contribution in [2.75, 3.05) is 23.7 Å². The lowest BCUT2D eigenvalue weighted by atomic mass is 10.0. The largest absolute Gasteiger partial charge is 0.354 e. The summed E-state index contributed by atoms with van der Waals surface area (Å²) in [5.74, 6) is -0.568. The Balaban J connectivity index is 2.05. The molecule has 3 aromatic rings. The van der Waals surface area contributed by atoms with E-state index in [-0.39, 0.29) is 24.8 Å². The van der Waals surface area contributed by atoms with Crippen LogP contribution in [0.25, 0.3) is 0 Å². The van der Waals surface area contributed by atoms with Gasteiger partial charge in [0.1, 0.15) is 12.6 Å². The molecule has 1 N–H and O–H groups in total. The molecule has 3 aromatic carbocycles. The third-order valence-corrected chi connectivity index (χ3v) is 7.87. The number of rotatable bonds is 12. The van der Waals surface area contributed by atoms with Gasteiger partial charge >= 0.3 is 0 Å². The van der Waals surface area contributed by atoms with Crippen LogP contribution in [0.2, 0.25) is 5.02 Å². The lowest BCUT2D eigenvalue weighted by Gasteiger charge is -2.34. The third-order valence-electron chi connectivity index (χ3n) is 6.34. The molecule has 39 heavy (non-hydrogen) atoms. The highest BCUT2D eigenvalue weighted by Crippen LogP contribution is 2.28. The number of benzene rings is 3. The predicted molar refractivity (Wildman–Crippen MR) is 157 cm³/mol. The Morgan fingerprint density at radius 3 is 2.05 bits per heavy atom. The Labute approximate surface area is 236 Å². The minimum atomic E-state index is -3.86. The van der Waals surface area contributed by atoms with Crippen LogP contribution in [-0.2, 0) is 32.6 Å². The highest BCUT2D eigenvalue weighted by Gasteiger charge is 2.33. The molecule has 3 rings (SSSR count). The van der Waals surface area contributed by atoms with E-state index >= 15 is 0 Å². The molecule has 0 spiro atoms. The Bertz CT molecular complexity index is 1370. The maximum Gasteiger partial charge on any atom is 0.244 e. The topological polar surface area (TPSA) is 86.8 Å². The molecule has 2 amide bonds. The molecule has 7 nitrogen and oxygen atoms in total. The number of sulfonamides is 1. The minimum absolute atomic E-state index is 0.137. The fraction of sp³-hybridized carbons (Fsp3) is 0.333. The van der Waals surface area contributed by atoms with Crippen molar-refractivity contribution in [1.82, 2.24) is 10.2 Å². The van der Waals surface area contributed by atoms with E-state index in [1.54, 1.807) is 25.1 Å². The molecule has 0 fully saturated rings. The number of anilines is 1. The quantitative estimate of drug-likeness (QED) is 0.338. The monoisotopic (exact) mass is 569 g/mol. The van der Waals surface area contributed by atoms with E-state index in [1.807, 2.05) is 74.5 Å². The Morgan fingerprint density at radius 2 is 1.49 bits per heavy atom. The van der Waals surface area contributed by atoms with Gasteiger partial charge in [-0.3, -0.25) is 13.9 Å². The molecule has 0 unspecified atom stereocenters. The highest BCUT2D eigenvalue weighted by atomic mass is 35.5. The molecule has 0 saturated carbocycles. The summed E-state index contributed by atoms with van der Waals surface area (Å²) in [6.07, 6.45) is 1.33. The molecule has 0 bridgehead atoms. The van der Waals surface area contributed by atoms with Crippen LogP contribution < -0.4 is 9.62 Å². The molecule has 9 heteroatoms. The van der Waals surface area contributed by atoms with Gasteiger partial charge in [-0.25, -0.2) is 8.42 Å². The molecule has 0 aliphatic rings. The van der Waals surface area contributed by atoms with Crippen LogP contribution in [0.15, 0.2) is 78.9 Å². The van der Waals surface area contributed by atoms with Gasteiger partial charge in [0.15, 0.2) is 0 Å². The molecule has 0 aromatic heterocycles. The zero-order chi connectivity index (χ0) is 28.6. The molecular formula is C30H36ClN3O4S. The number of nitrogens with zero attached hydrogens (tertiary/aromatic N) is 2. The zero-order valence-corrected chi connectivity index (χ0v) is 24.4. The third kappa shape index (κ3) is 8.57. The molecule has 0 aliphatic heterocycles. The van der Waals surface area contributed by atoms with E-state index in [4.69, 9.17) is 11.6 Å². The van der Waals surface area contributed by atoms with E-state index < -0.39 is 28.5 Å². The maximum atomic E-state index is 14.1. The Kier molecular flexibility index (Phi) is 10.5. The SMILES string of the molecule is Cc1c(Cl)cccc1N(CC(=O)N(Cc1ccccc1)[C@@H](Cc1ccccc1)C(=O)NCC(C)C)S(C)(=O)=O. The molecule has 0 radical (unpaired) electrons. The maximum absolute atomic E-state index is 14.1. The summed E-state index contributed by atoms with van der Waals surface area (Å²) in [4.78, 5) is 29.1. The normalized spacial score (nSPS) is 12.2. The molecule has 0 saturated heterocycles. The van der Waals surface area contributed by atoms with Gasteiger partial charge in [-0.2, -0.15) is 0 Å². The number of halogens is 1. The summed E-state index contributed by atoms with van der Waals surface area (Å²) < 4.78 is 26.9. The van der Waals surface area contributed by atoms with Gasteiger partial charge in [0.25, 0.3) is 0 Å². The van der Waals surface area contributed by atoms with Crippen molar-refractivity contribution in [3.8, 4) is 0 Å². The van der Waals surface area contributed by atoms with Crippen LogP contribution in [-0.4, -0.2) is 50.5 Å². The Hall–Kier alpha value is -3.36. The smallest absolute Gasteiger partial charge is 0.244 e. The molecular weight excluding hydrogens is 534 g/mol. The fourth-order valence-electron chi connectivity index (χ4n) is 4.22. The number of amides is 2. The van der Waals surface area contributed by atoms with Gasteiger partial charge in [0.2, 0.25) is 21.8 Å². The molecule has 0 heterocycles. The fourth-order valence-corrected chi connectivity index (χ4v) is 5.29. The summed E-state index contributed by atoms with van der Waals surface area (Å²) >= 11 is 6.29. The summed E-state index contributed by atoms with van der Waals surface area (Å²) in [6.45, 7) is 5.82. The van der Waals surface area contributed by atoms with Gasteiger partial charge in [-0.15, -0.1) is 0 Å². The van der Waals surface area contributed by atoms with Crippen molar-refractivity contribution < 1.29 is 18.0 Å². The van der Waals surface area contributed by atoms with Crippen LogP contribution in [0.1, 0.15) is 30.5 Å². The van der Waals surface area contributed by atoms with Crippen molar-refractivity contribution in [2.24, 2.45) is 5.92 Å². The van der Waals surface area contributed by atoms with Crippen molar-refractivity contribution in [3.05, 3.63) is 101 Å². The standard InChI is InChI=1S/C30H36ClN3O4S/c1-22(2)19-32-30(36)28(18-24-12-7-5-8-13-24)33(20-25-14-9-6-10-15-25)29(35)21-34(39(4,37)38)27-17-11-16-26(31)23(27)3/h5-17,22,28H,18-21H2,1-4H3,(H,32,36)/t28-/m0/s1. The first-order chi connectivity index (χ1) is 18.5. The van der Waals surface area contributed by atoms with E-state index in [0.29, 0.717) is 22.8 Å². The number of carbonyl (C=O) groups excluding carboxylic acids is 2. The summed E-state index contributed by atoms with van der Waals surface area (Å²) in [5, 5.41) is 3.37. The lowest BCUT2D eigenvalue weighted by molar-refractivity contribution is -0.140. The van der Waals surface area contributed by atoms with Crippen molar-refractivity contribution in [3.63, 3.8) is 0 Å².